The van der Waals surface area contributed by atoms with Crippen LogP contribution < -0.4 is 11.1 Å². The van der Waals surface area contributed by atoms with Gasteiger partial charge in [0.05, 0.1) is 17.0 Å². The van der Waals surface area contributed by atoms with E-state index >= 15 is 0 Å². The summed E-state index contributed by atoms with van der Waals surface area (Å²) in [7, 11) is 0. The molecule has 0 saturated carbocycles. The third kappa shape index (κ3) is 4.43. The molecule has 2 amide bonds. The molecular weight excluding hydrogens is 509 g/mol. The van der Waals surface area contributed by atoms with E-state index in [4.69, 9.17) is 10.2 Å². The van der Waals surface area contributed by atoms with E-state index in [1.165, 1.54) is 9.58 Å². The number of amides is 2. The number of likely N-dealkylation sites (tertiary alicyclic amines) is 1. The number of aromatic nitrogens is 5. The third-order valence-electron chi connectivity index (χ3n) is 6.18. The van der Waals surface area contributed by atoms with Gasteiger partial charge in [-0.05, 0) is 24.6 Å². The molecule has 1 aliphatic heterocycles. The lowest BCUT2D eigenvalue weighted by Gasteiger charge is -2.18. The molecule has 0 radical (unpaired) electrons. The van der Waals surface area contributed by atoms with Crippen LogP contribution in [0.15, 0.2) is 22.6 Å². The summed E-state index contributed by atoms with van der Waals surface area (Å²) in [6, 6.07) is 2.02. The molecule has 1 saturated heterocycles. The fourth-order valence-corrected chi connectivity index (χ4v) is 4.24. The van der Waals surface area contributed by atoms with Crippen molar-refractivity contribution >= 4 is 46.0 Å². The first kappa shape index (κ1) is 25.2. The van der Waals surface area contributed by atoms with E-state index in [1.54, 1.807) is 0 Å². The van der Waals surface area contributed by atoms with E-state index in [0.29, 0.717) is 12.2 Å². The van der Waals surface area contributed by atoms with Crippen molar-refractivity contribution < 1.29 is 32.3 Å². The largest absolute Gasteiger partial charge is 0.465 e. The number of anilines is 2. The molecule has 5 rings (SSSR count). The number of nitrogens with two attached hydrogens (primary N) is 1. The highest BCUT2D eigenvalue weighted by Gasteiger charge is 2.34. The van der Waals surface area contributed by atoms with Gasteiger partial charge < -0.3 is 20.2 Å². The van der Waals surface area contributed by atoms with Gasteiger partial charge in [-0.3, -0.25) is 10.1 Å². The first-order valence-corrected chi connectivity index (χ1v) is 11.6. The number of benzene rings is 1. The van der Waals surface area contributed by atoms with Crippen LogP contribution in [0.3, 0.4) is 0 Å². The average Bonchev–Trinajstić information content (AvgIpc) is 3.53. The molecule has 1 fully saturated rings. The first-order valence-electron chi connectivity index (χ1n) is 11.6. The number of halogens is 3. The van der Waals surface area contributed by atoms with E-state index in [9.17, 15) is 27.9 Å². The number of hydrogen-bond donors (Lipinski definition) is 3. The van der Waals surface area contributed by atoms with E-state index in [2.05, 4.69) is 25.4 Å². The zero-order valence-electron chi connectivity index (χ0n) is 20.5. The molecule has 1 atom stereocenters. The number of oxazole rings is 1. The van der Waals surface area contributed by atoms with Crippen molar-refractivity contribution in [3.63, 3.8) is 0 Å². The fourth-order valence-electron chi connectivity index (χ4n) is 4.24. The number of nitrogens with one attached hydrogen (secondary N) is 1. The molecule has 12 nitrogen and oxygen atoms in total. The molecule has 3 aromatic heterocycles. The number of carbonyl (C=O) groups excluding carboxylic acids is 1. The Hall–Kier alpha value is -4.43. The molecule has 0 bridgehead atoms. The molecule has 1 aliphatic rings. The van der Waals surface area contributed by atoms with Crippen molar-refractivity contribution in [3.8, 4) is 0 Å². The smallest absolute Gasteiger partial charge is 0.416 e. The van der Waals surface area contributed by atoms with Crippen molar-refractivity contribution in [2.45, 2.75) is 44.8 Å². The molecule has 15 heteroatoms. The summed E-state index contributed by atoms with van der Waals surface area (Å²) in [6.07, 6.45) is -5.20. The van der Waals surface area contributed by atoms with Crippen molar-refractivity contribution in [2.75, 3.05) is 24.1 Å². The summed E-state index contributed by atoms with van der Waals surface area (Å²) in [4.78, 5) is 38.9. The Morgan fingerprint density at radius 1 is 1.18 bits per heavy atom. The predicted molar refractivity (Wildman–Crippen MR) is 129 cm³/mol. The second-order valence-electron chi connectivity index (χ2n) is 10.00. The minimum Gasteiger partial charge on any atom is -0.465 e. The maximum Gasteiger partial charge on any atom is 0.416 e. The van der Waals surface area contributed by atoms with Gasteiger partial charge in [0.2, 0.25) is 0 Å². The molecule has 0 unspecified atom stereocenters. The molecule has 0 aliphatic carbocycles. The SMILES string of the molecule is CC(C)(C)c1nc(N)c2c(C(=O)Nc3nc4cc(C(F)(F)F)ccc4o3)nn([C@@H]3CCN(C(=O)O)C3)c2n1. The normalized spacial score (nSPS) is 16.5. The van der Waals surface area contributed by atoms with Gasteiger partial charge in [0.15, 0.2) is 16.9 Å². The van der Waals surface area contributed by atoms with Crippen LogP contribution in [-0.2, 0) is 11.6 Å². The van der Waals surface area contributed by atoms with Crippen LogP contribution in [0.4, 0.5) is 29.8 Å². The predicted octanol–water partition coefficient (Wildman–Crippen LogP) is 4.04. The zero-order valence-corrected chi connectivity index (χ0v) is 20.5. The Morgan fingerprint density at radius 3 is 2.55 bits per heavy atom. The molecule has 4 heterocycles. The lowest BCUT2D eigenvalue weighted by atomic mass is 9.95. The van der Waals surface area contributed by atoms with E-state index in [-0.39, 0.29) is 52.7 Å². The van der Waals surface area contributed by atoms with Gasteiger partial charge >= 0.3 is 18.3 Å². The highest BCUT2D eigenvalue weighted by atomic mass is 19.4. The van der Waals surface area contributed by atoms with Gasteiger partial charge in [-0.2, -0.15) is 23.3 Å². The minimum absolute atomic E-state index is 0.00297. The number of alkyl halides is 3. The highest BCUT2D eigenvalue weighted by molar-refractivity contribution is 6.12. The monoisotopic (exact) mass is 532 g/mol. The number of fused-ring (bicyclic) bond motifs is 2. The van der Waals surface area contributed by atoms with Gasteiger partial charge in [0.1, 0.15) is 17.2 Å². The molecule has 4 N–H and O–H groups in total. The van der Waals surface area contributed by atoms with Crippen LogP contribution in [0.5, 0.6) is 0 Å². The Balaban J connectivity index is 1.55. The van der Waals surface area contributed by atoms with Gasteiger partial charge in [-0.25, -0.2) is 19.4 Å². The summed E-state index contributed by atoms with van der Waals surface area (Å²) in [5.41, 5.74) is 4.90. The standard InChI is InChI=1S/C23H23F3N8O4/c1-22(2,3)19-29-16(27)14-15(32-34(17(14)30-19)11-6-7-33(9-11)21(36)37)18(35)31-20-28-12-8-10(23(24,25)26)4-5-13(12)38-20/h4-5,8,11H,6-7,9H2,1-3H3,(H,36,37)(H2,27,29,30)(H,28,31,35)/t11-/m1/s1. The first-order chi connectivity index (χ1) is 17.7. The van der Waals surface area contributed by atoms with Crippen LogP contribution in [0.1, 0.15) is 55.1 Å². The van der Waals surface area contributed by atoms with Crippen LogP contribution in [-0.4, -0.2) is 59.8 Å². The second kappa shape index (κ2) is 8.56. The van der Waals surface area contributed by atoms with Crippen molar-refractivity contribution in [3.05, 3.63) is 35.3 Å². The second-order valence-corrected chi connectivity index (χ2v) is 10.00. The zero-order chi connectivity index (χ0) is 27.6. The van der Waals surface area contributed by atoms with Gasteiger partial charge in [0, 0.05) is 18.5 Å². The molecule has 38 heavy (non-hydrogen) atoms. The third-order valence-corrected chi connectivity index (χ3v) is 6.18. The summed E-state index contributed by atoms with van der Waals surface area (Å²) in [5, 5.41) is 16.4. The van der Waals surface area contributed by atoms with Gasteiger partial charge in [-0.1, -0.05) is 20.8 Å². The number of rotatable bonds is 3. The van der Waals surface area contributed by atoms with Crippen LogP contribution in [0, 0.1) is 0 Å². The lowest BCUT2D eigenvalue weighted by molar-refractivity contribution is -0.137. The highest BCUT2D eigenvalue weighted by Crippen LogP contribution is 2.34. The van der Waals surface area contributed by atoms with Crippen molar-refractivity contribution in [1.82, 2.24) is 29.6 Å². The van der Waals surface area contributed by atoms with Crippen LogP contribution in [0.2, 0.25) is 0 Å². The van der Waals surface area contributed by atoms with Gasteiger partial charge in [0.25, 0.3) is 5.91 Å². The summed E-state index contributed by atoms with van der Waals surface area (Å²) in [6.45, 7) is 6.08. The molecule has 0 spiro atoms. The Bertz CT molecular complexity index is 1590. The summed E-state index contributed by atoms with van der Waals surface area (Å²) >= 11 is 0. The quantitative estimate of drug-likeness (QED) is 0.353. The van der Waals surface area contributed by atoms with Crippen LogP contribution >= 0.6 is 0 Å². The average molecular weight is 532 g/mol. The number of hydrogen-bond acceptors (Lipinski definition) is 8. The number of carbonyl (C=O) groups is 2. The van der Waals surface area contributed by atoms with Crippen molar-refractivity contribution in [1.29, 1.82) is 0 Å². The van der Waals surface area contributed by atoms with Crippen LogP contribution in [0.25, 0.3) is 22.1 Å². The number of carboxylic acid groups (broad SMARTS) is 1. The van der Waals surface area contributed by atoms with E-state index < -0.39 is 35.2 Å². The maximum absolute atomic E-state index is 13.3. The molecular formula is C23H23F3N8O4. The minimum atomic E-state index is -4.57. The van der Waals surface area contributed by atoms with E-state index in [0.717, 1.165) is 18.2 Å². The Kier molecular flexibility index (Phi) is 5.69. The Labute approximate surface area is 212 Å². The van der Waals surface area contributed by atoms with E-state index in [1.807, 2.05) is 20.8 Å². The Morgan fingerprint density at radius 2 is 1.92 bits per heavy atom. The topological polar surface area (TPSA) is 165 Å². The molecule has 200 valence electrons. The van der Waals surface area contributed by atoms with Crippen molar-refractivity contribution in [2.24, 2.45) is 0 Å². The summed E-state index contributed by atoms with van der Waals surface area (Å²) < 4.78 is 46.0. The summed E-state index contributed by atoms with van der Waals surface area (Å²) in [5.74, 6) is -0.400. The molecule has 1 aromatic carbocycles. The van der Waals surface area contributed by atoms with Gasteiger partial charge in [-0.15, -0.1) is 0 Å². The lowest BCUT2D eigenvalue weighted by Crippen LogP contribution is -2.27. The maximum atomic E-state index is 13.3. The molecule has 4 aromatic rings. The fraction of sp³-hybridized carbons (Fsp3) is 0.391. The number of nitrogen functional groups attached to an aromatic ring is 1. The number of nitrogens with zero attached hydrogens (tertiary/aromatic N) is 6.